The summed E-state index contributed by atoms with van der Waals surface area (Å²) in [6.07, 6.45) is 3.72. The first-order chi connectivity index (χ1) is 17.9. The third-order valence-corrected chi connectivity index (χ3v) is 11.8. The lowest BCUT2D eigenvalue weighted by atomic mass is 9.68. The molecule has 1 aliphatic heterocycles. The van der Waals surface area contributed by atoms with Crippen molar-refractivity contribution in [3.05, 3.63) is 95.1 Å². The molecule has 0 atom stereocenters. The Morgan fingerprint density at radius 3 is 1.46 bits per heavy atom. The standard InChI is InChI=1S/C34H32O2S/c1-5-33(6-2)24-18-12-9-15-21(24)27-30-28(22-16-10-13-19-25(22)34(30,7-3)8-4)32-29(31(27)33)23-17-11-14-20-26(23)37(32,35)36/h9-20H,5-8H2,1-4H3. The van der Waals surface area contributed by atoms with Gasteiger partial charge in [-0.15, -0.1) is 0 Å². The lowest BCUT2D eigenvalue weighted by Gasteiger charge is -2.35. The van der Waals surface area contributed by atoms with Crippen molar-refractivity contribution < 1.29 is 8.42 Å². The summed E-state index contributed by atoms with van der Waals surface area (Å²) in [6.45, 7) is 9.08. The highest BCUT2D eigenvalue weighted by atomic mass is 32.2. The van der Waals surface area contributed by atoms with Gasteiger partial charge in [0.1, 0.15) is 0 Å². The lowest BCUT2D eigenvalue weighted by molar-refractivity contribution is 0.481. The van der Waals surface area contributed by atoms with Gasteiger partial charge in [-0.05, 0) is 70.7 Å². The zero-order valence-corrected chi connectivity index (χ0v) is 22.8. The van der Waals surface area contributed by atoms with Gasteiger partial charge in [0.25, 0.3) is 0 Å². The first kappa shape index (κ1) is 23.0. The van der Waals surface area contributed by atoms with Crippen LogP contribution in [0.3, 0.4) is 0 Å². The van der Waals surface area contributed by atoms with Crippen molar-refractivity contribution in [3.8, 4) is 33.4 Å². The van der Waals surface area contributed by atoms with Crippen LogP contribution >= 0.6 is 0 Å². The Labute approximate surface area is 220 Å². The Morgan fingerprint density at radius 1 is 0.541 bits per heavy atom. The summed E-state index contributed by atoms with van der Waals surface area (Å²) >= 11 is 0. The third kappa shape index (κ3) is 2.41. The Kier molecular flexibility index (Phi) is 4.63. The smallest absolute Gasteiger partial charge is 0.208 e. The van der Waals surface area contributed by atoms with Crippen molar-refractivity contribution >= 4 is 9.84 Å². The van der Waals surface area contributed by atoms with E-state index in [1.54, 1.807) is 6.07 Å². The van der Waals surface area contributed by atoms with E-state index in [0.717, 1.165) is 47.9 Å². The Bertz CT molecular complexity index is 1700. The predicted octanol–water partition coefficient (Wildman–Crippen LogP) is 8.67. The second-order valence-electron chi connectivity index (χ2n) is 10.9. The fourth-order valence-corrected chi connectivity index (χ4v) is 10.1. The molecule has 0 aromatic heterocycles. The van der Waals surface area contributed by atoms with Crippen molar-refractivity contribution in [2.75, 3.05) is 0 Å². The number of fused-ring (bicyclic) bond motifs is 12. The molecular formula is C34H32O2S. The van der Waals surface area contributed by atoms with Crippen molar-refractivity contribution in [1.82, 2.24) is 0 Å². The topological polar surface area (TPSA) is 34.1 Å². The van der Waals surface area contributed by atoms with Crippen LogP contribution in [0.5, 0.6) is 0 Å². The van der Waals surface area contributed by atoms with E-state index in [4.69, 9.17) is 0 Å². The van der Waals surface area contributed by atoms with Crippen LogP contribution in [0.15, 0.2) is 82.6 Å². The second kappa shape index (κ2) is 7.45. The summed E-state index contributed by atoms with van der Waals surface area (Å²) in [4.78, 5) is 1.01. The van der Waals surface area contributed by atoms with Gasteiger partial charge in [0.15, 0.2) is 0 Å². The third-order valence-electron chi connectivity index (χ3n) is 9.96. The summed E-state index contributed by atoms with van der Waals surface area (Å²) in [7, 11) is -3.68. The maximum absolute atomic E-state index is 14.5. The largest absolute Gasteiger partial charge is 0.218 e. The molecule has 7 rings (SSSR count). The zero-order chi connectivity index (χ0) is 25.7. The molecule has 186 valence electrons. The molecule has 0 fully saturated rings. The quantitative estimate of drug-likeness (QED) is 0.245. The van der Waals surface area contributed by atoms with Crippen LogP contribution in [-0.2, 0) is 20.7 Å². The highest BCUT2D eigenvalue weighted by Gasteiger charge is 2.54. The average molecular weight is 505 g/mol. The molecule has 0 saturated heterocycles. The molecule has 2 nitrogen and oxygen atoms in total. The average Bonchev–Trinajstić information content (AvgIpc) is 3.49. The fourth-order valence-electron chi connectivity index (χ4n) is 8.23. The van der Waals surface area contributed by atoms with Crippen LogP contribution in [0, 0.1) is 0 Å². The van der Waals surface area contributed by atoms with E-state index in [2.05, 4.69) is 76.2 Å². The van der Waals surface area contributed by atoms with Crippen LogP contribution in [0.2, 0.25) is 0 Å². The van der Waals surface area contributed by atoms with E-state index in [9.17, 15) is 8.42 Å². The Hall–Kier alpha value is -3.17. The number of sulfone groups is 1. The van der Waals surface area contributed by atoms with Gasteiger partial charge >= 0.3 is 0 Å². The minimum absolute atomic E-state index is 0.222. The normalized spacial score (nSPS) is 17.9. The molecule has 1 heterocycles. The van der Waals surface area contributed by atoms with E-state index in [0.29, 0.717) is 9.79 Å². The van der Waals surface area contributed by atoms with Gasteiger partial charge in [0.2, 0.25) is 9.84 Å². The van der Waals surface area contributed by atoms with E-state index < -0.39 is 9.84 Å². The summed E-state index contributed by atoms with van der Waals surface area (Å²) in [5, 5.41) is 0. The number of hydrogen-bond donors (Lipinski definition) is 0. The number of benzene rings is 4. The lowest BCUT2D eigenvalue weighted by Crippen LogP contribution is -2.27. The Morgan fingerprint density at radius 2 is 0.946 bits per heavy atom. The molecule has 3 heteroatoms. The molecule has 0 N–H and O–H groups in total. The van der Waals surface area contributed by atoms with Gasteiger partial charge in [-0.25, -0.2) is 8.42 Å². The highest BCUT2D eigenvalue weighted by Crippen LogP contribution is 2.68. The van der Waals surface area contributed by atoms with Crippen LogP contribution in [-0.4, -0.2) is 8.42 Å². The first-order valence-electron chi connectivity index (χ1n) is 13.7. The molecule has 0 radical (unpaired) electrons. The monoisotopic (exact) mass is 504 g/mol. The maximum atomic E-state index is 14.5. The van der Waals surface area contributed by atoms with Crippen LogP contribution in [0.4, 0.5) is 0 Å². The summed E-state index contributed by atoms with van der Waals surface area (Å²) < 4.78 is 29.0. The zero-order valence-electron chi connectivity index (χ0n) is 22.0. The fraction of sp³-hybridized carbons (Fsp3) is 0.294. The van der Waals surface area contributed by atoms with Crippen molar-refractivity contribution in [1.29, 1.82) is 0 Å². The Balaban J connectivity index is 1.82. The van der Waals surface area contributed by atoms with E-state index in [1.165, 1.54) is 33.4 Å². The van der Waals surface area contributed by atoms with Crippen LogP contribution < -0.4 is 0 Å². The minimum atomic E-state index is -3.68. The van der Waals surface area contributed by atoms with Gasteiger partial charge in [-0.1, -0.05) is 94.4 Å². The van der Waals surface area contributed by atoms with Gasteiger partial charge < -0.3 is 0 Å². The minimum Gasteiger partial charge on any atom is -0.218 e. The molecule has 0 amide bonds. The summed E-state index contributed by atoms with van der Waals surface area (Å²) in [5.74, 6) is 0. The molecule has 0 unspecified atom stereocenters. The van der Waals surface area contributed by atoms with Gasteiger partial charge in [0.05, 0.1) is 9.79 Å². The number of hydrogen-bond acceptors (Lipinski definition) is 2. The van der Waals surface area contributed by atoms with Crippen molar-refractivity contribution in [3.63, 3.8) is 0 Å². The number of rotatable bonds is 4. The maximum Gasteiger partial charge on any atom is 0.208 e. The highest BCUT2D eigenvalue weighted by molar-refractivity contribution is 7.92. The molecule has 0 saturated carbocycles. The SMILES string of the molecule is CCC1(CC)c2ccccc2-c2c1c1c(c3c2S(=O)(=O)c2ccccc2-3)C(CC)(CC)c2ccccc2-1. The van der Waals surface area contributed by atoms with Gasteiger partial charge in [-0.2, -0.15) is 0 Å². The van der Waals surface area contributed by atoms with E-state index in [-0.39, 0.29) is 10.8 Å². The van der Waals surface area contributed by atoms with E-state index in [1.807, 2.05) is 18.2 Å². The van der Waals surface area contributed by atoms with Gasteiger partial charge in [-0.3, -0.25) is 0 Å². The second-order valence-corrected chi connectivity index (χ2v) is 12.7. The predicted molar refractivity (Wildman–Crippen MR) is 151 cm³/mol. The molecule has 3 aliphatic rings. The molecule has 4 aromatic carbocycles. The van der Waals surface area contributed by atoms with Gasteiger partial charge in [0, 0.05) is 27.5 Å². The summed E-state index contributed by atoms with van der Waals surface area (Å²) in [6, 6.07) is 25.1. The molecule has 2 aliphatic carbocycles. The molecule has 0 bridgehead atoms. The van der Waals surface area contributed by atoms with Crippen molar-refractivity contribution in [2.24, 2.45) is 0 Å². The molecule has 0 spiro atoms. The van der Waals surface area contributed by atoms with E-state index >= 15 is 0 Å². The first-order valence-corrected chi connectivity index (χ1v) is 15.2. The van der Waals surface area contributed by atoms with Crippen molar-refractivity contribution in [2.45, 2.75) is 74.0 Å². The molecular weight excluding hydrogens is 472 g/mol. The van der Waals surface area contributed by atoms with Crippen LogP contribution in [0.25, 0.3) is 33.4 Å². The summed E-state index contributed by atoms with van der Waals surface area (Å²) in [5.41, 5.74) is 11.2. The molecule has 37 heavy (non-hydrogen) atoms. The van der Waals surface area contributed by atoms with Crippen LogP contribution in [0.1, 0.15) is 75.6 Å². The molecule has 4 aromatic rings.